The molecular weight excluding hydrogens is 342 g/mol. The van der Waals surface area contributed by atoms with Gasteiger partial charge in [0.15, 0.2) is 0 Å². The van der Waals surface area contributed by atoms with E-state index in [-0.39, 0.29) is 12.6 Å². The predicted molar refractivity (Wildman–Crippen MR) is 103 cm³/mol. The van der Waals surface area contributed by atoms with E-state index in [4.69, 9.17) is 0 Å². The van der Waals surface area contributed by atoms with E-state index in [9.17, 15) is 14.4 Å². The Labute approximate surface area is 158 Å². The first-order valence-corrected chi connectivity index (χ1v) is 9.30. The lowest BCUT2D eigenvalue weighted by molar-refractivity contribution is -0.152. The van der Waals surface area contributed by atoms with Crippen LogP contribution in [0.5, 0.6) is 0 Å². The lowest BCUT2D eigenvalue weighted by Gasteiger charge is -2.46. The number of hydrogen-bond donors (Lipinski definition) is 1. The largest absolute Gasteiger partial charge is 0.373 e. The smallest absolute Gasteiger partial charge is 0.331 e. The summed E-state index contributed by atoms with van der Waals surface area (Å²) in [5.74, 6) is -0.890. The summed E-state index contributed by atoms with van der Waals surface area (Å²) in [6.45, 7) is 4.00. The van der Waals surface area contributed by atoms with Crippen LogP contribution in [0.2, 0.25) is 0 Å². The average Bonchev–Trinajstić information content (AvgIpc) is 2.66. The van der Waals surface area contributed by atoms with Crippen LogP contribution in [-0.2, 0) is 16.0 Å². The van der Waals surface area contributed by atoms with Crippen molar-refractivity contribution in [3.8, 4) is 0 Å². The summed E-state index contributed by atoms with van der Waals surface area (Å²) < 4.78 is 0. The third-order valence-corrected chi connectivity index (χ3v) is 5.95. The van der Waals surface area contributed by atoms with Gasteiger partial charge in [0, 0.05) is 31.7 Å². The minimum atomic E-state index is -1.29. The van der Waals surface area contributed by atoms with E-state index in [1.165, 1.54) is 4.90 Å². The molecule has 0 aliphatic carbocycles. The summed E-state index contributed by atoms with van der Waals surface area (Å²) >= 11 is 0. The zero-order chi connectivity index (χ0) is 19.3. The maximum Gasteiger partial charge on any atom is 0.331 e. The second kappa shape index (κ2) is 6.08. The highest BCUT2D eigenvalue weighted by Crippen LogP contribution is 2.42. The van der Waals surface area contributed by atoms with Crippen LogP contribution in [0.1, 0.15) is 25.8 Å². The highest BCUT2D eigenvalue weighted by Gasteiger charge is 2.57. The number of nitrogens with one attached hydrogen (secondary N) is 1. The number of anilines is 1. The van der Waals surface area contributed by atoms with E-state index in [0.717, 1.165) is 22.0 Å². The van der Waals surface area contributed by atoms with Crippen molar-refractivity contribution in [1.29, 1.82) is 0 Å². The van der Waals surface area contributed by atoms with Crippen LogP contribution in [0.25, 0.3) is 10.8 Å². The highest BCUT2D eigenvalue weighted by atomic mass is 16.2. The van der Waals surface area contributed by atoms with Gasteiger partial charge in [0.25, 0.3) is 0 Å². The molecule has 6 nitrogen and oxygen atoms in total. The van der Waals surface area contributed by atoms with Gasteiger partial charge in [-0.25, -0.2) is 4.79 Å². The molecular formula is C21H23N3O3. The molecule has 2 aromatic carbocycles. The van der Waals surface area contributed by atoms with Crippen molar-refractivity contribution in [3.05, 3.63) is 42.0 Å². The SMILES string of the molecule is CC[C@H](C)N1C(=O)NC(=O)[C@]2(Cc3c(ccc4ccccc34)N(C)C2)C1=O. The number of barbiturate groups is 1. The van der Waals surface area contributed by atoms with Crippen LogP contribution in [0.4, 0.5) is 10.5 Å². The highest BCUT2D eigenvalue weighted by molar-refractivity contribution is 6.20. The minimum Gasteiger partial charge on any atom is -0.373 e. The molecule has 2 heterocycles. The third kappa shape index (κ3) is 2.43. The van der Waals surface area contributed by atoms with Gasteiger partial charge < -0.3 is 4.90 Å². The second-order valence-corrected chi connectivity index (χ2v) is 7.59. The fourth-order valence-electron chi connectivity index (χ4n) is 4.29. The Balaban J connectivity index is 1.87. The van der Waals surface area contributed by atoms with Crippen LogP contribution in [0.3, 0.4) is 0 Å². The van der Waals surface area contributed by atoms with Gasteiger partial charge in [-0.15, -0.1) is 0 Å². The van der Waals surface area contributed by atoms with E-state index in [0.29, 0.717) is 12.8 Å². The van der Waals surface area contributed by atoms with Crippen molar-refractivity contribution in [3.63, 3.8) is 0 Å². The molecule has 140 valence electrons. The molecule has 2 aromatic rings. The molecule has 1 saturated heterocycles. The van der Waals surface area contributed by atoms with Gasteiger partial charge in [-0.3, -0.25) is 19.8 Å². The molecule has 2 atom stereocenters. The number of imide groups is 2. The number of nitrogens with zero attached hydrogens (tertiary/aromatic N) is 2. The van der Waals surface area contributed by atoms with E-state index < -0.39 is 23.3 Å². The Morgan fingerprint density at radius 3 is 2.63 bits per heavy atom. The first-order chi connectivity index (χ1) is 12.9. The number of rotatable bonds is 2. The van der Waals surface area contributed by atoms with Crippen LogP contribution < -0.4 is 10.2 Å². The first-order valence-electron chi connectivity index (χ1n) is 9.30. The molecule has 4 amide bonds. The van der Waals surface area contributed by atoms with Crippen molar-refractivity contribution in [2.75, 3.05) is 18.5 Å². The van der Waals surface area contributed by atoms with Gasteiger partial charge in [0.2, 0.25) is 11.8 Å². The zero-order valence-electron chi connectivity index (χ0n) is 15.8. The Bertz CT molecular complexity index is 970. The monoisotopic (exact) mass is 365 g/mol. The van der Waals surface area contributed by atoms with Gasteiger partial charge in [0.1, 0.15) is 5.41 Å². The van der Waals surface area contributed by atoms with Gasteiger partial charge in [-0.1, -0.05) is 37.3 Å². The number of hydrogen-bond acceptors (Lipinski definition) is 4. The number of amides is 4. The molecule has 4 rings (SSSR count). The standard InChI is InChI=1S/C21H23N3O3/c1-4-13(2)24-19(26)21(18(25)22-20(24)27)11-16-15-8-6-5-7-14(15)9-10-17(16)23(3)12-21/h5-10,13H,4,11-12H2,1-3H3,(H,22,25,27)/t13-,21+/m0/s1. The Morgan fingerprint density at radius 2 is 1.89 bits per heavy atom. The summed E-state index contributed by atoms with van der Waals surface area (Å²) in [7, 11) is 1.89. The Kier molecular flexibility index (Phi) is 3.94. The van der Waals surface area contributed by atoms with Crippen LogP contribution in [0.15, 0.2) is 36.4 Å². The maximum atomic E-state index is 13.4. The van der Waals surface area contributed by atoms with Gasteiger partial charge in [-0.2, -0.15) is 0 Å². The zero-order valence-corrected chi connectivity index (χ0v) is 15.8. The van der Waals surface area contributed by atoms with E-state index in [1.54, 1.807) is 0 Å². The van der Waals surface area contributed by atoms with Crippen LogP contribution in [0, 0.1) is 5.41 Å². The van der Waals surface area contributed by atoms with Crippen molar-refractivity contribution < 1.29 is 14.4 Å². The van der Waals surface area contributed by atoms with Gasteiger partial charge in [-0.05, 0) is 35.7 Å². The van der Waals surface area contributed by atoms with Gasteiger partial charge >= 0.3 is 6.03 Å². The number of urea groups is 1. The summed E-state index contributed by atoms with van der Waals surface area (Å²) in [5, 5.41) is 4.54. The molecule has 0 aromatic heterocycles. The normalized spacial score (nSPS) is 23.6. The number of fused-ring (bicyclic) bond motifs is 3. The first kappa shape index (κ1) is 17.5. The number of carbonyl (C=O) groups is 3. The topological polar surface area (TPSA) is 69.7 Å². The molecule has 6 heteroatoms. The Morgan fingerprint density at radius 1 is 1.15 bits per heavy atom. The lowest BCUT2D eigenvalue weighted by atomic mass is 9.73. The van der Waals surface area contributed by atoms with E-state index in [2.05, 4.69) is 11.4 Å². The third-order valence-electron chi connectivity index (χ3n) is 5.95. The number of carbonyl (C=O) groups excluding carboxylic acids is 3. The summed E-state index contributed by atoms with van der Waals surface area (Å²) in [5.41, 5.74) is 0.708. The molecule has 0 saturated carbocycles. The average molecular weight is 365 g/mol. The molecule has 2 aliphatic rings. The molecule has 1 N–H and O–H groups in total. The summed E-state index contributed by atoms with van der Waals surface area (Å²) in [6.07, 6.45) is 0.928. The Hall–Kier alpha value is -2.89. The minimum absolute atomic E-state index is 0.253. The molecule has 0 bridgehead atoms. The van der Waals surface area contributed by atoms with Crippen molar-refractivity contribution in [2.45, 2.75) is 32.7 Å². The number of benzene rings is 2. The quantitative estimate of drug-likeness (QED) is 0.831. The van der Waals surface area contributed by atoms with Crippen molar-refractivity contribution in [2.24, 2.45) is 5.41 Å². The summed E-state index contributed by atoms with van der Waals surface area (Å²) in [4.78, 5) is 41.9. The maximum absolute atomic E-state index is 13.4. The molecule has 1 fully saturated rings. The molecule has 0 radical (unpaired) electrons. The van der Waals surface area contributed by atoms with Crippen molar-refractivity contribution in [1.82, 2.24) is 10.2 Å². The fraction of sp³-hybridized carbons (Fsp3) is 0.381. The van der Waals surface area contributed by atoms with Gasteiger partial charge in [0.05, 0.1) is 0 Å². The van der Waals surface area contributed by atoms with E-state index in [1.807, 2.05) is 56.1 Å². The molecule has 2 aliphatic heterocycles. The lowest BCUT2D eigenvalue weighted by Crippen LogP contribution is -2.69. The predicted octanol–water partition coefficient (Wildman–Crippen LogP) is 2.70. The second-order valence-electron chi connectivity index (χ2n) is 7.59. The van der Waals surface area contributed by atoms with Crippen LogP contribution >= 0.6 is 0 Å². The van der Waals surface area contributed by atoms with Crippen LogP contribution in [-0.4, -0.2) is 42.4 Å². The van der Waals surface area contributed by atoms with E-state index >= 15 is 0 Å². The molecule has 0 unspecified atom stereocenters. The molecule has 1 spiro atoms. The fourth-order valence-corrected chi connectivity index (χ4v) is 4.29. The summed E-state index contributed by atoms with van der Waals surface area (Å²) in [6, 6.07) is 11.2. The molecule has 27 heavy (non-hydrogen) atoms. The van der Waals surface area contributed by atoms with Crippen molar-refractivity contribution >= 4 is 34.3 Å².